The van der Waals surface area contributed by atoms with Crippen LogP contribution in [0.3, 0.4) is 0 Å². The van der Waals surface area contributed by atoms with Crippen LogP contribution in [0.4, 0.5) is 0 Å². The first-order chi connectivity index (χ1) is 15.5. The Labute approximate surface area is 208 Å². The molecule has 0 saturated carbocycles. The van der Waals surface area contributed by atoms with Gasteiger partial charge in [0.15, 0.2) is 0 Å². The molecule has 0 aromatic heterocycles. The zero-order valence-corrected chi connectivity index (χ0v) is 23.3. The molecule has 2 aromatic rings. The molecule has 0 fully saturated rings. The molecule has 0 bridgehead atoms. The minimum Gasteiger partial charge on any atom is -0.481 e. The highest BCUT2D eigenvalue weighted by Crippen LogP contribution is 2.39. The van der Waals surface area contributed by atoms with Crippen molar-refractivity contribution in [2.45, 2.75) is 70.3 Å². The van der Waals surface area contributed by atoms with Gasteiger partial charge in [0, 0.05) is 11.2 Å². The molecular formula is C26H38O4S2Si. The molecule has 0 spiro atoms. The van der Waals surface area contributed by atoms with Crippen LogP contribution in [0, 0.1) is 0 Å². The molecule has 0 aliphatic rings. The molecular weight excluding hydrogens is 469 g/mol. The first-order valence-electron chi connectivity index (χ1n) is 11.4. The van der Waals surface area contributed by atoms with Crippen molar-refractivity contribution in [3.05, 3.63) is 60.7 Å². The van der Waals surface area contributed by atoms with E-state index in [1.807, 2.05) is 0 Å². The van der Waals surface area contributed by atoms with E-state index in [2.05, 4.69) is 102 Å². The summed E-state index contributed by atoms with van der Waals surface area (Å²) in [6.07, 6.45) is 0.762. The maximum absolute atomic E-state index is 10.8. The van der Waals surface area contributed by atoms with Crippen molar-refractivity contribution in [3.8, 4) is 0 Å². The lowest BCUT2D eigenvalue weighted by molar-refractivity contribution is -0.137. The summed E-state index contributed by atoms with van der Waals surface area (Å²) in [5, 5.41) is 11.4. The zero-order chi connectivity index (χ0) is 24.5. The molecule has 33 heavy (non-hydrogen) atoms. The van der Waals surface area contributed by atoms with Crippen LogP contribution in [0.2, 0.25) is 5.04 Å². The predicted octanol–water partition coefficient (Wildman–Crippen LogP) is 5.95. The highest BCUT2D eigenvalue weighted by molar-refractivity contribution is 8.77. The van der Waals surface area contributed by atoms with Crippen LogP contribution in [-0.2, 0) is 14.0 Å². The molecule has 0 aliphatic carbocycles. The molecule has 7 heteroatoms. The van der Waals surface area contributed by atoms with E-state index in [1.54, 1.807) is 21.6 Å². The van der Waals surface area contributed by atoms with Gasteiger partial charge < -0.3 is 14.3 Å². The van der Waals surface area contributed by atoms with Gasteiger partial charge in [0.1, 0.15) is 5.94 Å². The maximum Gasteiger partial charge on any atom is 0.303 e. The summed E-state index contributed by atoms with van der Waals surface area (Å²) >= 11 is 0. The third-order valence-corrected chi connectivity index (χ3v) is 13.6. The second kappa shape index (κ2) is 12.5. The standard InChI is InChI=1S/C26H38O4S2Si/c1-21(29-20-31-32-26(5,6)18-17-24(27)28)19-30-33(25(2,3)4,22-13-9-7-10-14-22)23-15-11-8-12-16-23/h7-16,21H,17-20H2,1-6H3,(H,27,28). The Balaban J connectivity index is 2.06. The monoisotopic (exact) mass is 506 g/mol. The average molecular weight is 507 g/mol. The first-order valence-corrected chi connectivity index (χ1v) is 15.6. The molecule has 1 N–H and O–H groups in total. The summed E-state index contributed by atoms with van der Waals surface area (Å²) in [6, 6.07) is 21.3. The number of ether oxygens (including phenoxy) is 1. The van der Waals surface area contributed by atoms with Gasteiger partial charge in [-0.25, -0.2) is 0 Å². The van der Waals surface area contributed by atoms with E-state index < -0.39 is 14.3 Å². The number of carboxylic acid groups (broad SMARTS) is 1. The van der Waals surface area contributed by atoms with Crippen LogP contribution in [-0.4, -0.2) is 42.8 Å². The van der Waals surface area contributed by atoms with Gasteiger partial charge >= 0.3 is 5.97 Å². The van der Waals surface area contributed by atoms with E-state index in [4.69, 9.17) is 14.3 Å². The molecule has 0 amide bonds. The van der Waals surface area contributed by atoms with Gasteiger partial charge in [-0.3, -0.25) is 4.79 Å². The Bertz CT molecular complexity index is 814. The SMILES string of the molecule is CC(CO[Si](c1ccccc1)(c1ccccc1)C(C)(C)C)OCSSC(C)(C)CCC(=O)O. The fraction of sp³-hybridized carbons (Fsp3) is 0.500. The molecule has 0 aliphatic heterocycles. The molecule has 2 aromatic carbocycles. The van der Waals surface area contributed by atoms with E-state index in [0.717, 1.165) is 0 Å². The number of carboxylic acids is 1. The van der Waals surface area contributed by atoms with Crippen LogP contribution >= 0.6 is 21.6 Å². The van der Waals surface area contributed by atoms with E-state index in [-0.39, 0.29) is 22.3 Å². The summed E-state index contributed by atoms with van der Waals surface area (Å²) in [6.45, 7) is 13.5. The minimum atomic E-state index is -2.56. The number of aliphatic carboxylic acids is 1. The summed E-state index contributed by atoms with van der Waals surface area (Å²) in [7, 11) is 0.751. The molecule has 182 valence electrons. The Hall–Kier alpha value is -1.25. The minimum absolute atomic E-state index is 0.0538. The Kier molecular flexibility index (Phi) is 10.6. The third kappa shape index (κ3) is 8.18. The van der Waals surface area contributed by atoms with Gasteiger partial charge in [0.25, 0.3) is 8.32 Å². The molecule has 0 saturated heterocycles. The normalized spacial score (nSPS) is 13.6. The van der Waals surface area contributed by atoms with Crippen LogP contribution in [0.5, 0.6) is 0 Å². The first kappa shape index (κ1) is 28.0. The second-order valence-electron chi connectivity index (χ2n) is 9.92. The largest absolute Gasteiger partial charge is 0.481 e. The van der Waals surface area contributed by atoms with Gasteiger partial charge in [0.05, 0.1) is 12.7 Å². The molecule has 4 nitrogen and oxygen atoms in total. The highest BCUT2D eigenvalue weighted by Gasteiger charge is 2.50. The second-order valence-corrected chi connectivity index (χ2v) is 17.2. The fourth-order valence-electron chi connectivity index (χ4n) is 3.83. The van der Waals surface area contributed by atoms with Crippen LogP contribution in [0.15, 0.2) is 60.7 Å². The van der Waals surface area contributed by atoms with Crippen molar-refractivity contribution in [2.24, 2.45) is 0 Å². The summed E-state index contributed by atoms with van der Waals surface area (Å²) < 4.78 is 12.9. The van der Waals surface area contributed by atoms with E-state index in [9.17, 15) is 4.79 Å². The zero-order valence-electron chi connectivity index (χ0n) is 20.7. The van der Waals surface area contributed by atoms with Gasteiger partial charge in [-0.1, -0.05) is 103 Å². The Morgan fingerprint density at radius 1 is 0.970 bits per heavy atom. The molecule has 0 heterocycles. The van der Waals surface area contributed by atoms with Gasteiger partial charge in [-0.05, 0) is 42.6 Å². The lowest BCUT2D eigenvalue weighted by Crippen LogP contribution is -2.67. The van der Waals surface area contributed by atoms with E-state index in [1.165, 1.54) is 10.4 Å². The van der Waals surface area contributed by atoms with Crippen LogP contribution in [0.25, 0.3) is 0 Å². The smallest absolute Gasteiger partial charge is 0.303 e. The van der Waals surface area contributed by atoms with Crippen molar-refractivity contribution in [1.82, 2.24) is 0 Å². The number of benzene rings is 2. The van der Waals surface area contributed by atoms with Crippen molar-refractivity contribution >= 4 is 46.2 Å². The number of hydrogen-bond donors (Lipinski definition) is 1. The van der Waals surface area contributed by atoms with E-state index >= 15 is 0 Å². The van der Waals surface area contributed by atoms with Crippen LogP contribution < -0.4 is 10.4 Å². The van der Waals surface area contributed by atoms with Gasteiger partial charge in [-0.2, -0.15) is 0 Å². The molecule has 1 unspecified atom stereocenters. The lowest BCUT2D eigenvalue weighted by atomic mass is 10.1. The predicted molar refractivity (Wildman–Crippen MR) is 145 cm³/mol. The maximum atomic E-state index is 10.8. The number of hydrogen-bond acceptors (Lipinski definition) is 5. The molecule has 1 atom stereocenters. The summed E-state index contributed by atoms with van der Waals surface area (Å²) in [5.74, 6) is -0.217. The quantitative estimate of drug-likeness (QED) is 0.157. The molecule has 2 rings (SSSR count). The fourth-order valence-corrected chi connectivity index (χ4v) is 10.8. The van der Waals surface area contributed by atoms with Gasteiger partial charge in [-0.15, -0.1) is 0 Å². The third-order valence-electron chi connectivity index (χ3n) is 5.58. The summed E-state index contributed by atoms with van der Waals surface area (Å²) in [4.78, 5) is 10.8. The van der Waals surface area contributed by atoms with E-state index in [0.29, 0.717) is 19.0 Å². The highest BCUT2D eigenvalue weighted by atomic mass is 33.1. The lowest BCUT2D eigenvalue weighted by Gasteiger charge is -2.43. The average Bonchev–Trinajstić information content (AvgIpc) is 2.76. The number of rotatable bonds is 13. The number of carbonyl (C=O) groups is 1. The Morgan fingerprint density at radius 3 is 1.94 bits per heavy atom. The Morgan fingerprint density at radius 2 is 1.48 bits per heavy atom. The van der Waals surface area contributed by atoms with Crippen LogP contribution in [0.1, 0.15) is 54.4 Å². The topological polar surface area (TPSA) is 55.8 Å². The molecule has 0 radical (unpaired) electrons. The van der Waals surface area contributed by atoms with Gasteiger partial charge in [0.2, 0.25) is 0 Å². The van der Waals surface area contributed by atoms with Crippen molar-refractivity contribution in [1.29, 1.82) is 0 Å². The van der Waals surface area contributed by atoms with Crippen molar-refractivity contribution in [3.63, 3.8) is 0 Å². The van der Waals surface area contributed by atoms with Crippen molar-refractivity contribution in [2.75, 3.05) is 12.5 Å². The summed E-state index contributed by atoms with van der Waals surface area (Å²) in [5.41, 5.74) is 0. The van der Waals surface area contributed by atoms with Crippen molar-refractivity contribution < 1.29 is 19.1 Å².